The molecule has 0 spiro atoms. The number of ketones is 1. The zero-order valence-electron chi connectivity index (χ0n) is 12.1. The van der Waals surface area contributed by atoms with Gasteiger partial charge in [-0.1, -0.05) is 6.92 Å². The summed E-state index contributed by atoms with van der Waals surface area (Å²) in [5.74, 6) is 1.19. The molecule has 0 aliphatic carbocycles. The Labute approximate surface area is 114 Å². The molecule has 1 aromatic rings. The molecule has 0 amide bonds. The fourth-order valence-electron chi connectivity index (χ4n) is 2.79. The van der Waals surface area contributed by atoms with Crippen molar-refractivity contribution in [1.29, 1.82) is 0 Å². The molecule has 1 fully saturated rings. The first-order chi connectivity index (χ1) is 9.04. The van der Waals surface area contributed by atoms with Gasteiger partial charge in [-0.2, -0.15) is 0 Å². The number of hydrogen-bond donors (Lipinski definition) is 0. The van der Waals surface area contributed by atoms with Crippen molar-refractivity contribution >= 4 is 5.78 Å². The molecule has 19 heavy (non-hydrogen) atoms. The van der Waals surface area contributed by atoms with E-state index in [9.17, 15) is 4.79 Å². The Hall–Kier alpha value is -1.35. The number of benzene rings is 1. The van der Waals surface area contributed by atoms with Crippen LogP contribution in [0, 0.1) is 11.8 Å². The van der Waals surface area contributed by atoms with E-state index < -0.39 is 0 Å². The number of carbonyl (C=O) groups excluding carboxylic acids is 1. The number of Topliss-reactive ketones (excluding diaryl/α,β-unsaturated/α-hetero) is 1. The Kier molecular flexibility index (Phi) is 4.25. The van der Waals surface area contributed by atoms with Gasteiger partial charge < -0.3 is 9.47 Å². The van der Waals surface area contributed by atoms with Crippen LogP contribution in [0.2, 0.25) is 0 Å². The largest absolute Gasteiger partial charge is 0.494 e. The van der Waals surface area contributed by atoms with E-state index in [0.717, 1.165) is 11.3 Å². The Morgan fingerprint density at radius 2 is 1.79 bits per heavy atom. The zero-order valence-corrected chi connectivity index (χ0v) is 12.1. The standard InChI is InChI=1S/C16H22O3/c1-5-18-14-8-6-13(7-9-14)16(17)15-10(2)11(3)19-12(15)4/h6-12,15H,5H2,1-4H3. The van der Waals surface area contributed by atoms with Crippen LogP contribution in [0.15, 0.2) is 24.3 Å². The molecule has 4 atom stereocenters. The average molecular weight is 262 g/mol. The van der Waals surface area contributed by atoms with Crippen LogP contribution in [0.25, 0.3) is 0 Å². The van der Waals surface area contributed by atoms with Gasteiger partial charge in [0, 0.05) is 5.56 Å². The van der Waals surface area contributed by atoms with Gasteiger partial charge in [0.1, 0.15) is 5.75 Å². The monoisotopic (exact) mass is 262 g/mol. The van der Waals surface area contributed by atoms with Crippen molar-refractivity contribution in [1.82, 2.24) is 0 Å². The van der Waals surface area contributed by atoms with Gasteiger partial charge in [0.2, 0.25) is 0 Å². The smallest absolute Gasteiger partial charge is 0.168 e. The first-order valence-corrected chi connectivity index (χ1v) is 6.97. The van der Waals surface area contributed by atoms with E-state index in [-0.39, 0.29) is 29.8 Å². The van der Waals surface area contributed by atoms with E-state index in [4.69, 9.17) is 9.47 Å². The Balaban J connectivity index is 2.15. The molecule has 0 N–H and O–H groups in total. The highest BCUT2D eigenvalue weighted by Crippen LogP contribution is 2.34. The summed E-state index contributed by atoms with van der Waals surface area (Å²) in [7, 11) is 0. The van der Waals surface area contributed by atoms with E-state index in [1.807, 2.05) is 45.0 Å². The van der Waals surface area contributed by atoms with Crippen LogP contribution in [0.4, 0.5) is 0 Å². The first-order valence-electron chi connectivity index (χ1n) is 6.97. The fourth-order valence-corrected chi connectivity index (χ4v) is 2.79. The molecule has 1 aliphatic heterocycles. The minimum Gasteiger partial charge on any atom is -0.494 e. The molecule has 4 unspecified atom stereocenters. The van der Waals surface area contributed by atoms with E-state index in [2.05, 4.69) is 6.92 Å². The number of ether oxygens (including phenoxy) is 2. The predicted octanol–water partition coefficient (Wildman–Crippen LogP) is 3.33. The molecule has 0 radical (unpaired) electrons. The first kappa shape index (κ1) is 14.1. The molecular formula is C16H22O3. The summed E-state index contributed by atoms with van der Waals surface area (Å²) in [6.45, 7) is 8.68. The lowest BCUT2D eigenvalue weighted by molar-refractivity contribution is 0.0491. The molecule has 1 heterocycles. The average Bonchev–Trinajstić information content (AvgIpc) is 2.64. The molecule has 0 bridgehead atoms. The van der Waals surface area contributed by atoms with Crippen LogP contribution < -0.4 is 4.74 Å². The second kappa shape index (κ2) is 5.74. The third kappa shape index (κ3) is 2.81. The van der Waals surface area contributed by atoms with E-state index in [1.165, 1.54) is 0 Å². The van der Waals surface area contributed by atoms with Gasteiger partial charge in [0.15, 0.2) is 5.78 Å². The topological polar surface area (TPSA) is 35.5 Å². The second-order valence-corrected chi connectivity index (χ2v) is 5.25. The van der Waals surface area contributed by atoms with Crippen molar-refractivity contribution in [3.63, 3.8) is 0 Å². The summed E-state index contributed by atoms with van der Waals surface area (Å²) in [4.78, 5) is 12.6. The molecular weight excluding hydrogens is 240 g/mol. The van der Waals surface area contributed by atoms with Crippen LogP contribution in [-0.2, 0) is 4.74 Å². The summed E-state index contributed by atoms with van der Waals surface area (Å²) >= 11 is 0. The van der Waals surface area contributed by atoms with Crippen molar-refractivity contribution in [3.8, 4) is 5.75 Å². The highest BCUT2D eigenvalue weighted by Gasteiger charge is 2.41. The van der Waals surface area contributed by atoms with Gasteiger partial charge in [-0.25, -0.2) is 0 Å². The molecule has 3 heteroatoms. The fraction of sp³-hybridized carbons (Fsp3) is 0.562. The molecule has 104 valence electrons. The Morgan fingerprint density at radius 1 is 1.16 bits per heavy atom. The van der Waals surface area contributed by atoms with Crippen molar-refractivity contribution < 1.29 is 14.3 Å². The number of hydrogen-bond acceptors (Lipinski definition) is 3. The molecule has 0 saturated carbocycles. The predicted molar refractivity (Wildman–Crippen MR) is 74.6 cm³/mol. The number of rotatable bonds is 4. The lowest BCUT2D eigenvalue weighted by Crippen LogP contribution is -2.26. The highest BCUT2D eigenvalue weighted by atomic mass is 16.5. The Bertz CT molecular complexity index is 438. The summed E-state index contributed by atoms with van der Waals surface area (Å²) < 4.78 is 11.1. The second-order valence-electron chi connectivity index (χ2n) is 5.25. The van der Waals surface area contributed by atoms with Gasteiger partial charge in [-0.3, -0.25) is 4.79 Å². The molecule has 1 saturated heterocycles. The summed E-state index contributed by atoms with van der Waals surface area (Å²) in [5.41, 5.74) is 0.741. The maximum Gasteiger partial charge on any atom is 0.168 e. The van der Waals surface area contributed by atoms with Gasteiger partial charge in [0.05, 0.1) is 24.7 Å². The summed E-state index contributed by atoms with van der Waals surface area (Å²) in [5, 5.41) is 0. The summed E-state index contributed by atoms with van der Waals surface area (Å²) in [6, 6.07) is 7.39. The van der Waals surface area contributed by atoms with E-state index >= 15 is 0 Å². The zero-order chi connectivity index (χ0) is 14.0. The van der Waals surface area contributed by atoms with Gasteiger partial charge in [0.25, 0.3) is 0 Å². The van der Waals surface area contributed by atoms with Crippen molar-refractivity contribution in [2.75, 3.05) is 6.61 Å². The van der Waals surface area contributed by atoms with Crippen LogP contribution in [-0.4, -0.2) is 24.6 Å². The molecule has 1 aromatic carbocycles. The quantitative estimate of drug-likeness (QED) is 0.781. The van der Waals surface area contributed by atoms with Gasteiger partial charge >= 0.3 is 0 Å². The maximum absolute atomic E-state index is 12.6. The number of carbonyl (C=O) groups is 1. The normalized spacial score (nSPS) is 30.3. The lowest BCUT2D eigenvalue weighted by atomic mass is 9.83. The van der Waals surface area contributed by atoms with Gasteiger partial charge in [-0.05, 0) is 51.0 Å². The van der Waals surface area contributed by atoms with Crippen molar-refractivity contribution in [3.05, 3.63) is 29.8 Å². The summed E-state index contributed by atoms with van der Waals surface area (Å²) in [6.07, 6.45) is 0.135. The van der Waals surface area contributed by atoms with Crippen LogP contribution >= 0.6 is 0 Å². The van der Waals surface area contributed by atoms with Crippen molar-refractivity contribution in [2.24, 2.45) is 11.8 Å². The van der Waals surface area contributed by atoms with E-state index in [1.54, 1.807) is 0 Å². The molecule has 0 aromatic heterocycles. The minimum atomic E-state index is -0.0482. The van der Waals surface area contributed by atoms with Gasteiger partial charge in [-0.15, -0.1) is 0 Å². The minimum absolute atomic E-state index is 0.0101. The lowest BCUT2D eigenvalue weighted by Gasteiger charge is -2.17. The molecule has 2 rings (SSSR count). The Morgan fingerprint density at radius 3 is 2.26 bits per heavy atom. The molecule has 1 aliphatic rings. The SMILES string of the molecule is CCOc1ccc(C(=O)C2C(C)OC(C)C2C)cc1. The van der Waals surface area contributed by atoms with Crippen molar-refractivity contribution in [2.45, 2.75) is 39.9 Å². The van der Waals surface area contributed by atoms with E-state index in [0.29, 0.717) is 6.61 Å². The van der Waals surface area contributed by atoms with Crippen LogP contribution in [0.3, 0.4) is 0 Å². The molecule has 3 nitrogen and oxygen atoms in total. The van der Waals surface area contributed by atoms with Crippen LogP contribution in [0.1, 0.15) is 38.1 Å². The van der Waals surface area contributed by atoms with Crippen LogP contribution in [0.5, 0.6) is 5.75 Å². The third-order valence-corrected chi connectivity index (χ3v) is 3.99. The maximum atomic E-state index is 12.6. The highest BCUT2D eigenvalue weighted by molar-refractivity contribution is 5.98. The third-order valence-electron chi connectivity index (χ3n) is 3.99.